The molecule has 1 fully saturated rings. The van der Waals surface area contributed by atoms with Crippen molar-refractivity contribution in [3.63, 3.8) is 0 Å². The Labute approximate surface area is 49.9 Å². The molecule has 0 bridgehead atoms. The smallest absolute Gasteiger partial charge is 0.00996 e. The van der Waals surface area contributed by atoms with Crippen molar-refractivity contribution < 1.29 is 0 Å². The number of rotatable bonds is 0. The van der Waals surface area contributed by atoms with Crippen LogP contribution in [-0.4, -0.2) is 0 Å². The Morgan fingerprint density at radius 1 is 1.25 bits per heavy atom. The van der Waals surface area contributed by atoms with E-state index in [4.69, 9.17) is 0 Å². The fourth-order valence-corrected chi connectivity index (χ4v) is 1.56. The van der Waals surface area contributed by atoms with Gasteiger partial charge in [0.15, 0.2) is 0 Å². The van der Waals surface area contributed by atoms with E-state index in [1.54, 1.807) is 0 Å². The van der Waals surface area contributed by atoms with Gasteiger partial charge in [0.25, 0.3) is 0 Å². The summed E-state index contributed by atoms with van der Waals surface area (Å²) in [5, 5.41) is 0. The van der Waals surface area contributed by atoms with E-state index in [-0.39, 0.29) is 0 Å². The van der Waals surface area contributed by atoms with Crippen LogP contribution in [0.1, 0.15) is 12.8 Å². The third-order valence-electron chi connectivity index (χ3n) is 2.28. The zero-order valence-electron chi connectivity index (χ0n) is 4.93. The highest BCUT2D eigenvalue weighted by molar-refractivity contribution is 5.30. The first-order chi connectivity index (χ1) is 3.89. The molecule has 2 atom stereocenters. The molecule has 2 rings (SSSR count). The van der Waals surface area contributed by atoms with Crippen molar-refractivity contribution in [3.8, 4) is 0 Å². The zero-order valence-corrected chi connectivity index (χ0v) is 4.93. The summed E-state index contributed by atoms with van der Waals surface area (Å²) in [7, 11) is 0. The molecule has 2 aliphatic carbocycles. The van der Waals surface area contributed by atoms with Crippen LogP contribution in [0.2, 0.25) is 0 Å². The molecule has 0 saturated heterocycles. The third-order valence-corrected chi connectivity index (χ3v) is 2.28. The van der Waals surface area contributed by atoms with Gasteiger partial charge in [-0.05, 0) is 24.7 Å². The van der Waals surface area contributed by atoms with E-state index in [9.17, 15) is 0 Å². The lowest BCUT2D eigenvalue weighted by Gasteiger charge is -1.95. The molecule has 0 N–H and O–H groups in total. The van der Waals surface area contributed by atoms with Crippen molar-refractivity contribution in [2.45, 2.75) is 12.8 Å². The lowest BCUT2D eigenvalue weighted by atomic mass is 10.1. The van der Waals surface area contributed by atoms with Crippen molar-refractivity contribution in [2.75, 3.05) is 0 Å². The van der Waals surface area contributed by atoms with E-state index in [1.165, 1.54) is 18.4 Å². The van der Waals surface area contributed by atoms with Crippen molar-refractivity contribution in [1.82, 2.24) is 0 Å². The molecule has 42 valence electrons. The second-order valence-electron chi connectivity index (χ2n) is 2.73. The number of allylic oxidation sites excluding steroid dienone is 3. The summed E-state index contributed by atoms with van der Waals surface area (Å²) in [6.07, 6.45) is 7.09. The van der Waals surface area contributed by atoms with E-state index < -0.39 is 0 Å². The number of hydrogen-bond acceptors (Lipinski definition) is 0. The Hall–Kier alpha value is -0.520. The minimum atomic E-state index is 0.889. The molecule has 0 aromatic carbocycles. The van der Waals surface area contributed by atoms with E-state index >= 15 is 0 Å². The van der Waals surface area contributed by atoms with Gasteiger partial charge >= 0.3 is 0 Å². The van der Waals surface area contributed by atoms with Crippen LogP contribution >= 0.6 is 0 Å². The van der Waals surface area contributed by atoms with Crippen LogP contribution < -0.4 is 0 Å². The van der Waals surface area contributed by atoms with Gasteiger partial charge in [0.05, 0.1) is 0 Å². The first-order valence-electron chi connectivity index (χ1n) is 3.23. The average molecular weight is 106 g/mol. The predicted molar refractivity (Wildman–Crippen MR) is 34.5 cm³/mol. The normalized spacial score (nSPS) is 41.8. The first-order valence-corrected chi connectivity index (χ1v) is 3.23. The van der Waals surface area contributed by atoms with Gasteiger partial charge in [-0.2, -0.15) is 0 Å². The molecule has 0 aromatic heterocycles. The molecule has 0 heteroatoms. The van der Waals surface area contributed by atoms with Crippen molar-refractivity contribution in [3.05, 3.63) is 24.3 Å². The summed E-state index contributed by atoms with van der Waals surface area (Å²) in [4.78, 5) is 0. The SMILES string of the molecule is C=C1C2CC=CCC12. The van der Waals surface area contributed by atoms with Gasteiger partial charge in [-0.25, -0.2) is 0 Å². The molecule has 1 saturated carbocycles. The van der Waals surface area contributed by atoms with Gasteiger partial charge in [0.2, 0.25) is 0 Å². The number of hydrogen-bond donors (Lipinski definition) is 0. The molecule has 0 aromatic rings. The lowest BCUT2D eigenvalue weighted by molar-refractivity contribution is 0.689. The Balaban J connectivity index is 2.18. The predicted octanol–water partition coefficient (Wildman–Crippen LogP) is 2.14. The van der Waals surface area contributed by atoms with Crippen molar-refractivity contribution >= 4 is 0 Å². The van der Waals surface area contributed by atoms with Crippen LogP contribution in [0.15, 0.2) is 24.3 Å². The van der Waals surface area contributed by atoms with Gasteiger partial charge in [-0.15, -0.1) is 0 Å². The van der Waals surface area contributed by atoms with Crippen LogP contribution in [0.3, 0.4) is 0 Å². The fraction of sp³-hybridized carbons (Fsp3) is 0.500. The van der Waals surface area contributed by atoms with E-state index in [0.717, 1.165) is 11.8 Å². The van der Waals surface area contributed by atoms with Crippen LogP contribution in [0, 0.1) is 11.8 Å². The van der Waals surface area contributed by atoms with Crippen molar-refractivity contribution in [2.24, 2.45) is 11.8 Å². The maximum Gasteiger partial charge on any atom is -0.00996 e. The monoisotopic (exact) mass is 106 g/mol. The molecule has 0 radical (unpaired) electrons. The standard InChI is InChI=1S/C8H10/c1-6-7-4-2-3-5-8(6)7/h2-3,7-8H,1,4-5H2. The molecular formula is C8H10. The van der Waals surface area contributed by atoms with Crippen LogP contribution in [0.5, 0.6) is 0 Å². The highest BCUT2D eigenvalue weighted by Crippen LogP contribution is 2.51. The zero-order chi connectivity index (χ0) is 5.56. The molecule has 0 heterocycles. The summed E-state index contributed by atoms with van der Waals surface area (Å²) in [5.41, 5.74) is 1.50. The maximum atomic E-state index is 3.97. The van der Waals surface area contributed by atoms with Gasteiger partial charge in [-0.3, -0.25) is 0 Å². The first kappa shape index (κ1) is 4.37. The molecule has 0 aliphatic heterocycles. The summed E-state index contributed by atoms with van der Waals surface area (Å²) < 4.78 is 0. The Morgan fingerprint density at radius 3 is 2.12 bits per heavy atom. The van der Waals surface area contributed by atoms with E-state index in [0.29, 0.717) is 0 Å². The summed E-state index contributed by atoms with van der Waals surface area (Å²) in [5.74, 6) is 1.78. The molecule has 0 spiro atoms. The topological polar surface area (TPSA) is 0 Å². The quantitative estimate of drug-likeness (QED) is 0.415. The van der Waals surface area contributed by atoms with Crippen LogP contribution in [0.4, 0.5) is 0 Å². The van der Waals surface area contributed by atoms with Crippen LogP contribution in [-0.2, 0) is 0 Å². The average Bonchev–Trinajstić information content (AvgIpc) is 2.46. The minimum Gasteiger partial charge on any atom is -0.0992 e. The third kappa shape index (κ3) is 0.405. The van der Waals surface area contributed by atoms with Gasteiger partial charge < -0.3 is 0 Å². The molecule has 0 amide bonds. The fourth-order valence-electron chi connectivity index (χ4n) is 1.56. The lowest BCUT2D eigenvalue weighted by Crippen LogP contribution is -1.83. The molecular weight excluding hydrogens is 96.1 g/mol. The highest BCUT2D eigenvalue weighted by atomic mass is 14.4. The second-order valence-corrected chi connectivity index (χ2v) is 2.73. The largest absolute Gasteiger partial charge is 0.0992 e. The van der Waals surface area contributed by atoms with E-state index in [2.05, 4.69) is 18.7 Å². The Bertz CT molecular complexity index is 137. The van der Waals surface area contributed by atoms with Crippen LogP contribution in [0.25, 0.3) is 0 Å². The Morgan fingerprint density at radius 2 is 1.75 bits per heavy atom. The van der Waals surface area contributed by atoms with E-state index in [1.807, 2.05) is 0 Å². The Kier molecular flexibility index (Phi) is 0.682. The molecule has 0 nitrogen and oxygen atoms in total. The highest BCUT2D eigenvalue weighted by Gasteiger charge is 2.41. The molecule has 8 heavy (non-hydrogen) atoms. The van der Waals surface area contributed by atoms with Gasteiger partial charge in [-0.1, -0.05) is 24.3 Å². The summed E-state index contributed by atoms with van der Waals surface area (Å²) >= 11 is 0. The van der Waals surface area contributed by atoms with Gasteiger partial charge in [0.1, 0.15) is 0 Å². The number of fused-ring (bicyclic) bond motifs is 1. The molecule has 2 unspecified atom stereocenters. The maximum absolute atomic E-state index is 3.97. The molecule has 2 aliphatic rings. The van der Waals surface area contributed by atoms with Gasteiger partial charge in [0, 0.05) is 0 Å². The van der Waals surface area contributed by atoms with Crippen molar-refractivity contribution in [1.29, 1.82) is 0 Å². The minimum absolute atomic E-state index is 0.889. The summed E-state index contributed by atoms with van der Waals surface area (Å²) in [6, 6.07) is 0. The second kappa shape index (κ2) is 1.25. The summed E-state index contributed by atoms with van der Waals surface area (Å²) in [6.45, 7) is 3.97.